The van der Waals surface area contributed by atoms with Crippen LogP contribution in [0.3, 0.4) is 0 Å². The molecule has 6 rings (SSSR count). The molecule has 3 unspecified atom stereocenters. The van der Waals surface area contributed by atoms with Gasteiger partial charge in [-0.2, -0.15) is 0 Å². The third kappa shape index (κ3) is 2.79. The number of amides is 2. The quantitative estimate of drug-likeness (QED) is 0.815. The summed E-state index contributed by atoms with van der Waals surface area (Å²) < 4.78 is 0. The number of carbonyl (C=O) groups excluding carboxylic acids is 1. The first kappa shape index (κ1) is 17.8. The highest BCUT2D eigenvalue weighted by Gasteiger charge is 2.60. The molecule has 0 spiro atoms. The Balaban J connectivity index is 1.41. The van der Waals surface area contributed by atoms with E-state index in [1.165, 1.54) is 12.8 Å². The number of nitrogens with one attached hydrogen (secondary N) is 1. The number of rotatable bonds is 3. The number of hydrogen-bond acceptors (Lipinski definition) is 2. The van der Waals surface area contributed by atoms with Gasteiger partial charge in [-0.3, -0.25) is 0 Å². The van der Waals surface area contributed by atoms with E-state index in [-0.39, 0.29) is 17.6 Å². The molecule has 5 heteroatoms. The lowest BCUT2D eigenvalue weighted by molar-refractivity contribution is -0.161. The molecule has 4 bridgehead atoms. The first-order valence-corrected chi connectivity index (χ1v) is 10.7. The van der Waals surface area contributed by atoms with Crippen LogP contribution in [0.4, 0.5) is 4.79 Å². The second kappa shape index (κ2) is 5.87. The number of carbonyl (C=O) groups is 1. The lowest BCUT2D eigenvalue weighted by atomic mass is 9.48. The van der Waals surface area contributed by atoms with E-state index in [1.54, 1.807) is 0 Å². The van der Waals surface area contributed by atoms with Gasteiger partial charge in [-0.1, -0.05) is 23.7 Å². The van der Waals surface area contributed by atoms with Crippen LogP contribution in [0.5, 0.6) is 0 Å². The molecule has 1 saturated heterocycles. The molecule has 3 atom stereocenters. The van der Waals surface area contributed by atoms with E-state index in [4.69, 9.17) is 11.6 Å². The Bertz CT molecular complexity index is 763. The van der Waals surface area contributed by atoms with Crippen molar-refractivity contribution in [2.75, 3.05) is 0 Å². The normalized spacial score (nSPS) is 41.9. The summed E-state index contributed by atoms with van der Waals surface area (Å²) >= 11 is 6.14. The van der Waals surface area contributed by atoms with E-state index in [9.17, 15) is 9.90 Å². The first-order chi connectivity index (χ1) is 12.7. The molecule has 5 aliphatic rings. The Labute approximate surface area is 166 Å². The van der Waals surface area contributed by atoms with Gasteiger partial charge in [0.1, 0.15) is 0 Å². The summed E-state index contributed by atoms with van der Waals surface area (Å²) in [7, 11) is 0. The van der Waals surface area contributed by atoms with Crippen molar-refractivity contribution in [1.29, 1.82) is 0 Å². The van der Waals surface area contributed by atoms with Gasteiger partial charge in [0.05, 0.1) is 17.2 Å². The van der Waals surface area contributed by atoms with Gasteiger partial charge in [-0.15, -0.1) is 0 Å². The summed E-state index contributed by atoms with van der Waals surface area (Å²) in [6.45, 7) is 4.96. The number of nitrogens with zero attached hydrogens (tertiary/aromatic N) is 1. The maximum Gasteiger partial charge on any atom is 0.318 e. The third-order valence-electron chi connectivity index (χ3n) is 7.91. The van der Waals surface area contributed by atoms with Crippen LogP contribution in [0.2, 0.25) is 5.02 Å². The Morgan fingerprint density at radius 1 is 1.22 bits per heavy atom. The van der Waals surface area contributed by atoms with Crippen LogP contribution in [0.1, 0.15) is 51.5 Å². The molecule has 2 N–H and O–H groups in total. The molecule has 146 valence electrons. The van der Waals surface area contributed by atoms with Crippen LogP contribution in [0.15, 0.2) is 24.3 Å². The lowest BCUT2D eigenvalue weighted by Gasteiger charge is -2.60. The molecule has 1 aliphatic heterocycles. The van der Waals surface area contributed by atoms with Crippen molar-refractivity contribution < 1.29 is 9.90 Å². The maximum absolute atomic E-state index is 12.9. The van der Waals surface area contributed by atoms with Crippen LogP contribution < -0.4 is 5.32 Å². The molecule has 1 heterocycles. The van der Waals surface area contributed by atoms with Crippen LogP contribution in [-0.4, -0.2) is 33.2 Å². The van der Waals surface area contributed by atoms with E-state index in [0.717, 1.165) is 24.8 Å². The van der Waals surface area contributed by atoms with Crippen molar-refractivity contribution in [3.8, 4) is 0 Å². The molecule has 0 radical (unpaired) electrons. The maximum atomic E-state index is 12.9. The highest BCUT2D eigenvalue weighted by atomic mass is 35.5. The number of aliphatic hydroxyl groups is 1. The molecule has 4 saturated carbocycles. The zero-order valence-electron chi connectivity index (χ0n) is 16.1. The predicted octanol–water partition coefficient (Wildman–Crippen LogP) is 4.20. The standard InChI is InChI=1S/C22H29ClN2O2/c1-21(2)19(18-15-6-14-7-16(18)11-22(27,9-14)10-15)24-20(26)25(21)12-13-4-3-5-17(23)8-13/h3-5,8,14-16,18-19,27H,6-7,9-12H2,1-2H3,(H,24,26). The predicted molar refractivity (Wildman–Crippen MR) is 105 cm³/mol. The Morgan fingerprint density at radius 2 is 1.93 bits per heavy atom. The average Bonchev–Trinajstić information content (AvgIpc) is 2.77. The van der Waals surface area contributed by atoms with Gasteiger partial charge in [-0.05, 0) is 87.3 Å². The minimum atomic E-state index is -0.430. The number of urea groups is 1. The van der Waals surface area contributed by atoms with E-state index in [0.29, 0.717) is 35.2 Å². The zero-order chi connectivity index (χ0) is 19.0. The molecule has 27 heavy (non-hydrogen) atoms. The van der Waals surface area contributed by atoms with Crippen molar-refractivity contribution in [1.82, 2.24) is 10.2 Å². The van der Waals surface area contributed by atoms with Crippen LogP contribution in [0.25, 0.3) is 0 Å². The number of hydrogen-bond donors (Lipinski definition) is 2. The highest BCUT2D eigenvalue weighted by Crippen LogP contribution is 2.60. The number of benzene rings is 1. The lowest BCUT2D eigenvalue weighted by Crippen LogP contribution is -2.62. The van der Waals surface area contributed by atoms with Gasteiger partial charge in [0.25, 0.3) is 0 Å². The minimum Gasteiger partial charge on any atom is -0.390 e. The van der Waals surface area contributed by atoms with E-state index >= 15 is 0 Å². The van der Waals surface area contributed by atoms with Crippen molar-refractivity contribution in [2.24, 2.45) is 23.7 Å². The minimum absolute atomic E-state index is 0.0255. The summed E-state index contributed by atoms with van der Waals surface area (Å²) in [5, 5.41) is 15.0. The molecule has 1 aromatic carbocycles. The van der Waals surface area contributed by atoms with Gasteiger partial charge < -0.3 is 15.3 Å². The fourth-order valence-corrected chi connectivity index (χ4v) is 7.26. The summed E-state index contributed by atoms with van der Waals surface area (Å²) in [6, 6.07) is 7.94. The summed E-state index contributed by atoms with van der Waals surface area (Å²) in [5.74, 6) is 2.24. The smallest absolute Gasteiger partial charge is 0.318 e. The summed E-state index contributed by atoms with van der Waals surface area (Å²) in [4.78, 5) is 14.9. The molecular weight excluding hydrogens is 360 g/mol. The molecule has 5 fully saturated rings. The first-order valence-electron chi connectivity index (χ1n) is 10.3. The Morgan fingerprint density at radius 3 is 2.56 bits per heavy atom. The van der Waals surface area contributed by atoms with Crippen molar-refractivity contribution in [2.45, 2.75) is 69.7 Å². The number of halogens is 1. The van der Waals surface area contributed by atoms with E-state index < -0.39 is 5.60 Å². The molecule has 4 nitrogen and oxygen atoms in total. The second-order valence-corrected chi connectivity index (χ2v) is 10.5. The second-order valence-electron chi connectivity index (χ2n) is 10.1. The topological polar surface area (TPSA) is 52.6 Å². The monoisotopic (exact) mass is 388 g/mol. The molecule has 4 aliphatic carbocycles. The molecule has 1 aromatic rings. The van der Waals surface area contributed by atoms with Gasteiger partial charge in [0.2, 0.25) is 0 Å². The van der Waals surface area contributed by atoms with Crippen molar-refractivity contribution in [3.05, 3.63) is 34.9 Å². The van der Waals surface area contributed by atoms with E-state index in [1.807, 2.05) is 29.2 Å². The van der Waals surface area contributed by atoms with Crippen molar-refractivity contribution in [3.63, 3.8) is 0 Å². The largest absolute Gasteiger partial charge is 0.390 e. The highest BCUT2D eigenvalue weighted by molar-refractivity contribution is 6.30. The molecule has 0 aromatic heterocycles. The fraction of sp³-hybridized carbons (Fsp3) is 0.682. The van der Waals surface area contributed by atoms with Gasteiger partial charge in [-0.25, -0.2) is 4.79 Å². The summed E-state index contributed by atoms with van der Waals surface area (Å²) in [6.07, 6.45) is 5.28. The SMILES string of the molecule is CC1(C)C(C2C3CC4CC2CC(O)(C4)C3)NC(=O)N1Cc1cccc(Cl)c1. The van der Waals surface area contributed by atoms with Crippen molar-refractivity contribution >= 4 is 17.6 Å². The van der Waals surface area contributed by atoms with Gasteiger partial charge in [0.15, 0.2) is 0 Å². The van der Waals surface area contributed by atoms with Crippen LogP contribution >= 0.6 is 11.6 Å². The van der Waals surface area contributed by atoms with Gasteiger partial charge in [0, 0.05) is 11.6 Å². The van der Waals surface area contributed by atoms with Gasteiger partial charge >= 0.3 is 6.03 Å². The molecular formula is C22H29ClN2O2. The Hall–Kier alpha value is -1.26. The third-order valence-corrected chi connectivity index (χ3v) is 8.14. The average molecular weight is 389 g/mol. The van der Waals surface area contributed by atoms with E-state index in [2.05, 4.69) is 19.2 Å². The fourth-order valence-electron chi connectivity index (χ4n) is 7.04. The van der Waals surface area contributed by atoms with Crippen LogP contribution in [0, 0.1) is 23.7 Å². The molecule has 2 amide bonds. The van der Waals surface area contributed by atoms with Crippen LogP contribution in [-0.2, 0) is 6.54 Å². The summed E-state index contributed by atoms with van der Waals surface area (Å²) in [5.41, 5.74) is 0.369. The Kier molecular flexibility index (Phi) is 3.87. The zero-order valence-corrected chi connectivity index (χ0v) is 16.9.